The second-order valence-electron chi connectivity index (χ2n) is 14.6. The van der Waals surface area contributed by atoms with Crippen molar-refractivity contribution in [1.29, 1.82) is 0 Å². The summed E-state index contributed by atoms with van der Waals surface area (Å²) in [6.07, 6.45) is 21.9. The molecular weight excluding hydrogens is 492 g/mol. The number of alkyl halides is 1. The number of hydrogen-bond acceptors (Lipinski definition) is 2. The summed E-state index contributed by atoms with van der Waals surface area (Å²) in [5, 5.41) is 0.370. The summed E-state index contributed by atoms with van der Waals surface area (Å²) in [6.45, 7) is 14.8. The number of hydrogen-bond donors (Lipinski definition) is 0. The van der Waals surface area contributed by atoms with E-state index in [0.29, 0.717) is 16.1 Å². The highest BCUT2D eigenvalue weighted by Crippen LogP contribution is 2.67. The van der Waals surface area contributed by atoms with Gasteiger partial charge in [-0.05, 0) is 104 Å². The summed E-state index contributed by atoms with van der Waals surface area (Å²) in [4.78, 5) is 12.8. The number of carbonyl (C=O) groups excluding carboxylic acids is 1. The Morgan fingerprint density at radius 3 is 2.51 bits per heavy atom. The van der Waals surface area contributed by atoms with Crippen LogP contribution in [0.25, 0.3) is 0 Å². The molecule has 0 aromatic carbocycles. The normalized spacial score (nSPS) is 38.9. The van der Waals surface area contributed by atoms with Crippen molar-refractivity contribution in [3.05, 3.63) is 11.6 Å². The number of allylic oxidation sites excluding steroid dienone is 2. The van der Waals surface area contributed by atoms with E-state index in [-0.39, 0.29) is 10.5 Å². The molecule has 0 aliphatic heterocycles. The fourth-order valence-electron chi connectivity index (χ4n) is 9.68. The summed E-state index contributed by atoms with van der Waals surface area (Å²) in [5.74, 6) is 5.32. The van der Waals surface area contributed by atoms with Gasteiger partial charge in [-0.1, -0.05) is 103 Å². The maximum absolute atomic E-state index is 12.8. The highest BCUT2D eigenvalue weighted by Gasteiger charge is 2.59. The molecule has 0 aromatic rings. The van der Waals surface area contributed by atoms with Crippen LogP contribution >= 0.6 is 23.4 Å². The van der Waals surface area contributed by atoms with E-state index in [1.54, 1.807) is 17.3 Å². The summed E-state index contributed by atoms with van der Waals surface area (Å²) in [5.41, 5.74) is 2.63. The second-order valence-corrected chi connectivity index (χ2v) is 16.4. The number of halogens is 1. The molecule has 3 fully saturated rings. The summed E-state index contributed by atoms with van der Waals surface area (Å²) < 4.78 is 0. The van der Waals surface area contributed by atoms with Gasteiger partial charge in [0.05, 0.1) is 0 Å². The van der Waals surface area contributed by atoms with Crippen LogP contribution in [0.4, 0.5) is 0 Å². The molecule has 212 valence electrons. The number of thioether (sulfide) groups is 1. The molecule has 0 N–H and O–H groups in total. The fraction of sp³-hybridized carbons (Fsp3) is 0.912. The Labute approximate surface area is 239 Å². The predicted molar refractivity (Wildman–Crippen MR) is 163 cm³/mol. The van der Waals surface area contributed by atoms with Crippen LogP contribution in [0.1, 0.15) is 138 Å². The largest absolute Gasteiger partial charge is 0.286 e. The van der Waals surface area contributed by atoms with Crippen LogP contribution in [0.3, 0.4) is 0 Å². The van der Waals surface area contributed by atoms with Crippen LogP contribution in [0.5, 0.6) is 0 Å². The van der Waals surface area contributed by atoms with Crippen LogP contribution in [0.2, 0.25) is 0 Å². The molecule has 0 bridgehead atoms. The molecule has 4 rings (SSSR count). The second kappa shape index (κ2) is 12.7. The lowest BCUT2D eigenvalue weighted by Crippen LogP contribution is -2.50. The van der Waals surface area contributed by atoms with Gasteiger partial charge in [-0.2, -0.15) is 0 Å². The minimum Gasteiger partial charge on any atom is -0.286 e. The van der Waals surface area contributed by atoms with Gasteiger partial charge < -0.3 is 0 Å². The first kappa shape index (κ1) is 30.0. The van der Waals surface area contributed by atoms with E-state index in [2.05, 4.69) is 47.6 Å². The quantitative estimate of drug-likeness (QED) is 0.145. The highest BCUT2D eigenvalue weighted by atomic mass is 35.5. The first-order valence-corrected chi connectivity index (χ1v) is 17.5. The Morgan fingerprint density at radius 2 is 1.78 bits per heavy atom. The Balaban J connectivity index is 1.38. The van der Waals surface area contributed by atoms with E-state index >= 15 is 0 Å². The Morgan fingerprint density at radius 1 is 1.00 bits per heavy atom. The molecule has 9 atom stereocenters. The van der Waals surface area contributed by atoms with Gasteiger partial charge in [-0.3, -0.25) is 4.79 Å². The maximum atomic E-state index is 12.8. The van der Waals surface area contributed by atoms with Crippen molar-refractivity contribution >= 4 is 28.5 Å². The average Bonchev–Trinajstić information content (AvgIpc) is 3.21. The van der Waals surface area contributed by atoms with Crippen molar-refractivity contribution in [3.8, 4) is 0 Å². The topological polar surface area (TPSA) is 17.1 Å². The van der Waals surface area contributed by atoms with E-state index in [4.69, 9.17) is 11.6 Å². The molecule has 0 saturated heterocycles. The van der Waals surface area contributed by atoms with E-state index in [0.717, 1.165) is 54.8 Å². The minimum atomic E-state index is -0.298. The van der Waals surface area contributed by atoms with Gasteiger partial charge in [0, 0.05) is 5.25 Å². The molecule has 0 aromatic heterocycles. The predicted octanol–water partition coefficient (Wildman–Crippen LogP) is 10.8. The lowest BCUT2D eigenvalue weighted by molar-refractivity contribution is -0.110. The first-order chi connectivity index (χ1) is 17.6. The molecule has 0 spiro atoms. The van der Waals surface area contributed by atoms with Gasteiger partial charge in [0.2, 0.25) is 5.12 Å². The Kier molecular flexibility index (Phi) is 10.3. The van der Waals surface area contributed by atoms with Gasteiger partial charge in [-0.15, -0.1) is 11.6 Å². The monoisotopic (exact) mass is 548 g/mol. The van der Waals surface area contributed by atoms with Crippen LogP contribution < -0.4 is 0 Å². The van der Waals surface area contributed by atoms with Crippen molar-refractivity contribution in [1.82, 2.24) is 0 Å². The molecule has 4 aliphatic rings. The number of unbranched alkanes of at least 4 members (excludes halogenated alkanes) is 2. The van der Waals surface area contributed by atoms with E-state index in [9.17, 15) is 4.79 Å². The van der Waals surface area contributed by atoms with Gasteiger partial charge in [-0.25, -0.2) is 0 Å². The Bertz CT molecular complexity index is 806. The standard InChI is InChI=1S/C34H57ClOS/c1-7-8-9-13-31(35)32(36)37-26-18-20-33(5)25(22-26)14-15-27-29-17-16-28(24(4)12-10-11-23(2)3)34(29,6)21-19-30(27)33/h14,23-24,26-31H,7-13,15-22H2,1-6H3/t24-,26+,27-,28+,29-,30-,31-,33+,34-/m1/s1. The molecule has 0 radical (unpaired) electrons. The zero-order chi connectivity index (χ0) is 26.8. The van der Waals surface area contributed by atoms with Crippen molar-refractivity contribution in [2.45, 2.75) is 148 Å². The van der Waals surface area contributed by atoms with Crippen LogP contribution in [-0.2, 0) is 4.79 Å². The van der Waals surface area contributed by atoms with Crippen molar-refractivity contribution in [3.63, 3.8) is 0 Å². The Hall–Kier alpha value is 0.0500. The molecule has 37 heavy (non-hydrogen) atoms. The molecule has 0 unspecified atom stereocenters. The molecule has 1 nitrogen and oxygen atoms in total. The molecule has 0 amide bonds. The third-order valence-electron chi connectivity index (χ3n) is 11.9. The number of rotatable bonds is 11. The summed E-state index contributed by atoms with van der Waals surface area (Å²) >= 11 is 8.08. The zero-order valence-corrected chi connectivity index (χ0v) is 26.6. The SMILES string of the molecule is CCCCC[C@@H](Cl)C(=O)S[C@H]1CC[C@@]2(C)C(=CC[C@@H]3[C@H]4CC[C@@H]([C@H](C)CCCC(C)C)[C@@]4(C)CC[C@H]32)C1. The van der Waals surface area contributed by atoms with E-state index < -0.39 is 0 Å². The number of carbonyl (C=O) groups is 1. The van der Waals surface area contributed by atoms with Gasteiger partial charge in [0.15, 0.2) is 0 Å². The molecule has 0 heterocycles. The third-order valence-corrected chi connectivity index (χ3v) is 13.7. The zero-order valence-electron chi connectivity index (χ0n) is 25.0. The molecule has 3 heteroatoms. The lowest BCUT2D eigenvalue weighted by Gasteiger charge is -2.58. The highest BCUT2D eigenvalue weighted by molar-refractivity contribution is 8.14. The van der Waals surface area contributed by atoms with Crippen molar-refractivity contribution < 1.29 is 4.79 Å². The van der Waals surface area contributed by atoms with Crippen LogP contribution in [0.15, 0.2) is 11.6 Å². The summed E-state index contributed by atoms with van der Waals surface area (Å²) in [7, 11) is 0. The molecule has 3 saturated carbocycles. The fourth-order valence-corrected chi connectivity index (χ4v) is 11.1. The van der Waals surface area contributed by atoms with E-state index in [1.807, 2.05) is 0 Å². The third kappa shape index (κ3) is 6.36. The van der Waals surface area contributed by atoms with Crippen molar-refractivity contribution in [2.75, 3.05) is 0 Å². The molecular formula is C34H57ClOS. The van der Waals surface area contributed by atoms with Gasteiger partial charge in [0.1, 0.15) is 5.38 Å². The van der Waals surface area contributed by atoms with Crippen molar-refractivity contribution in [2.24, 2.45) is 46.3 Å². The summed E-state index contributed by atoms with van der Waals surface area (Å²) in [6, 6.07) is 0. The minimum absolute atomic E-state index is 0.230. The van der Waals surface area contributed by atoms with E-state index in [1.165, 1.54) is 77.0 Å². The number of fused-ring (bicyclic) bond motifs is 5. The average molecular weight is 549 g/mol. The smallest absolute Gasteiger partial charge is 0.207 e. The van der Waals surface area contributed by atoms with Gasteiger partial charge >= 0.3 is 0 Å². The van der Waals surface area contributed by atoms with Gasteiger partial charge in [0.25, 0.3) is 0 Å². The van der Waals surface area contributed by atoms with Crippen LogP contribution in [0, 0.1) is 46.3 Å². The molecule has 4 aliphatic carbocycles. The maximum Gasteiger partial charge on any atom is 0.207 e. The van der Waals surface area contributed by atoms with Crippen LogP contribution in [-0.4, -0.2) is 15.7 Å². The lowest BCUT2D eigenvalue weighted by atomic mass is 9.47. The first-order valence-electron chi connectivity index (χ1n) is 16.1.